The van der Waals surface area contributed by atoms with Crippen LogP contribution in [0.15, 0.2) is 10.7 Å². The predicted octanol–water partition coefficient (Wildman–Crippen LogP) is -0.642. The average Bonchev–Trinajstić information content (AvgIpc) is 2.40. The number of hydrogen-bond acceptors (Lipinski definition) is 4. The zero-order chi connectivity index (χ0) is 7.40. The quantitative estimate of drug-likeness (QED) is 0.594. The average molecular weight is 141 g/mol. The Morgan fingerprint density at radius 2 is 2.70 bits per heavy atom. The molecule has 1 heterocycles. The third kappa shape index (κ3) is 1.54. The molecule has 0 atom stereocenters. The van der Waals surface area contributed by atoms with Gasteiger partial charge in [0.15, 0.2) is 5.76 Å². The van der Waals surface area contributed by atoms with Crippen LogP contribution in [0.3, 0.4) is 0 Å². The molecule has 0 aliphatic heterocycles. The molecule has 5 nitrogen and oxygen atoms in total. The Balaban J connectivity index is 2.48. The van der Waals surface area contributed by atoms with Crippen molar-refractivity contribution in [3.8, 4) is 0 Å². The van der Waals surface area contributed by atoms with E-state index in [1.807, 2.05) is 0 Å². The molecule has 54 valence electrons. The van der Waals surface area contributed by atoms with Gasteiger partial charge in [0.25, 0.3) is 0 Å². The monoisotopic (exact) mass is 141 g/mol. The highest BCUT2D eigenvalue weighted by Crippen LogP contribution is 1.93. The molecule has 0 saturated carbocycles. The fraction of sp³-hybridized carbons (Fsp3) is 0.400. The number of carbonyl (C=O) groups excluding carboxylic acids is 1. The van der Waals surface area contributed by atoms with Gasteiger partial charge in [-0.15, -0.1) is 5.10 Å². The van der Waals surface area contributed by atoms with Crippen molar-refractivity contribution in [3.63, 3.8) is 0 Å². The first-order chi connectivity index (χ1) is 4.83. The molecule has 1 aromatic rings. The van der Waals surface area contributed by atoms with Crippen LogP contribution >= 0.6 is 0 Å². The first-order valence-corrected chi connectivity index (χ1v) is 2.79. The van der Waals surface area contributed by atoms with Gasteiger partial charge in [0.05, 0.1) is 12.6 Å². The van der Waals surface area contributed by atoms with E-state index in [0.717, 1.165) is 0 Å². The minimum atomic E-state index is -0.112. The van der Waals surface area contributed by atoms with E-state index in [4.69, 9.17) is 0 Å². The maximum atomic E-state index is 10.7. The summed E-state index contributed by atoms with van der Waals surface area (Å²) in [6.45, 7) is 0. The van der Waals surface area contributed by atoms with E-state index < -0.39 is 0 Å². The topological polar surface area (TPSA) is 68.0 Å². The Morgan fingerprint density at radius 1 is 1.90 bits per heavy atom. The summed E-state index contributed by atoms with van der Waals surface area (Å²) in [5.74, 6) is 0.359. The van der Waals surface area contributed by atoms with E-state index >= 15 is 0 Å². The fourth-order valence-corrected chi connectivity index (χ4v) is 0.512. The largest absolute Gasteiger partial charge is 0.359 e. The van der Waals surface area contributed by atoms with Gasteiger partial charge in [-0.1, -0.05) is 0 Å². The molecule has 5 heteroatoms. The number of aromatic nitrogens is 2. The van der Waals surface area contributed by atoms with Crippen molar-refractivity contribution in [3.05, 3.63) is 12.0 Å². The molecular weight excluding hydrogens is 134 g/mol. The summed E-state index contributed by atoms with van der Waals surface area (Å²) in [4.78, 5) is 10.7. The maximum Gasteiger partial charge on any atom is 0.227 e. The minimum Gasteiger partial charge on any atom is -0.359 e. The van der Waals surface area contributed by atoms with Crippen molar-refractivity contribution < 1.29 is 9.32 Å². The van der Waals surface area contributed by atoms with Crippen molar-refractivity contribution >= 4 is 5.91 Å². The van der Waals surface area contributed by atoms with Crippen LogP contribution in [-0.4, -0.2) is 23.3 Å². The molecule has 0 radical (unpaired) electrons. The summed E-state index contributed by atoms with van der Waals surface area (Å²) < 4.78 is 4.58. The van der Waals surface area contributed by atoms with Crippen molar-refractivity contribution in [2.45, 2.75) is 6.42 Å². The van der Waals surface area contributed by atoms with Crippen LogP contribution in [0.1, 0.15) is 5.76 Å². The van der Waals surface area contributed by atoms with Crippen LogP contribution in [0.5, 0.6) is 0 Å². The summed E-state index contributed by atoms with van der Waals surface area (Å²) in [5, 5.41) is 9.07. The third-order valence-electron chi connectivity index (χ3n) is 1.02. The summed E-state index contributed by atoms with van der Waals surface area (Å²) in [6, 6.07) is 0. The molecule has 10 heavy (non-hydrogen) atoms. The summed E-state index contributed by atoms with van der Waals surface area (Å²) >= 11 is 0. The lowest BCUT2D eigenvalue weighted by Gasteiger charge is -1.91. The highest BCUT2D eigenvalue weighted by Gasteiger charge is 2.03. The second-order valence-electron chi connectivity index (χ2n) is 1.73. The highest BCUT2D eigenvalue weighted by atomic mass is 16.5. The van der Waals surface area contributed by atoms with Gasteiger partial charge >= 0.3 is 0 Å². The van der Waals surface area contributed by atoms with Crippen LogP contribution < -0.4 is 5.32 Å². The van der Waals surface area contributed by atoms with Gasteiger partial charge in [0.1, 0.15) is 0 Å². The smallest absolute Gasteiger partial charge is 0.227 e. The van der Waals surface area contributed by atoms with Crippen LogP contribution in [0.25, 0.3) is 0 Å². The van der Waals surface area contributed by atoms with Gasteiger partial charge < -0.3 is 9.84 Å². The van der Waals surface area contributed by atoms with Gasteiger partial charge in [0, 0.05) is 12.3 Å². The molecule has 1 rings (SSSR count). The molecule has 1 aromatic heterocycles. The predicted molar refractivity (Wildman–Crippen MR) is 32.1 cm³/mol. The Hall–Kier alpha value is -1.39. The number of likely N-dealkylation sites (N-methyl/N-ethyl adjacent to an activating group) is 1. The molecule has 0 spiro atoms. The first kappa shape index (κ1) is 6.73. The van der Waals surface area contributed by atoms with Crippen LogP contribution in [0, 0.1) is 0 Å². The van der Waals surface area contributed by atoms with Crippen molar-refractivity contribution in [1.82, 2.24) is 15.7 Å². The van der Waals surface area contributed by atoms with E-state index in [1.165, 1.54) is 6.20 Å². The lowest BCUT2D eigenvalue weighted by atomic mass is 10.3. The molecule has 0 fully saturated rings. The molecule has 0 aliphatic rings. The highest BCUT2D eigenvalue weighted by molar-refractivity contribution is 5.77. The number of carbonyl (C=O) groups is 1. The Labute approximate surface area is 57.4 Å². The normalized spacial score (nSPS) is 9.30. The first-order valence-electron chi connectivity index (χ1n) is 2.79. The standard InChI is InChI=1S/C5H7N3O2/c1-6-5(9)2-4-3-7-8-10-4/h3H,2H2,1H3,(H,6,9). The molecule has 0 bridgehead atoms. The van der Waals surface area contributed by atoms with Gasteiger partial charge in [-0.05, 0) is 0 Å². The van der Waals surface area contributed by atoms with E-state index in [0.29, 0.717) is 5.76 Å². The summed E-state index contributed by atoms with van der Waals surface area (Å²) in [5.41, 5.74) is 0. The van der Waals surface area contributed by atoms with Gasteiger partial charge in [-0.25, -0.2) is 0 Å². The molecule has 1 amide bonds. The Kier molecular flexibility index (Phi) is 1.99. The minimum absolute atomic E-state index is 0.112. The number of nitrogens with zero attached hydrogens (tertiary/aromatic N) is 2. The number of rotatable bonds is 2. The lowest BCUT2D eigenvalue weighted by molar-refractivity contribution is -0.120. The van der Waals surface area contributed by atoms with Crippen LogP contribution in [0.2, 0.25) is 0 Å². The second-order valence-corrected chi connectivity index (χ2v) is 1.73. The van der Waals surface area contributed by atoms with Crippen molar-refractivity contribution in [2.24, 2.45) is 0 Å². The van der Waals surface area contributed by atoms with Gasteiger partial charge in [0.2, 0.25) is 5.91 Å². The van der Waals surface area contributed by atoms with Gasteiger partial charge in [-0.3, -0.25) is 4.79 Å². The van der Waals surface area contributed by atoms with Crippen LogP contribution in [-0.2, 0) is 11.2 Å². The third-order valence-corrected chi connectivity index (χ3v) is 1.02. The Morgan fingerprint density at radius 3 is 3.20 bits per heavy atom. The molecule has 0 saturated heterocycles. The van der Waals surface area contributed by atoms with Gasteiger partial charge in [-0.2, -0.15) is 0 Å². The number of nitrogens with one attached hydrogen (secondary N) is 1. The van der Waals surface area contributed by atoms with Crippen molar-refractivity contribution in [1.29, 1.82) is 0 Å². The zero-order valence-electron chi connectivity index (χ0n) is 5.50. The molecule has 1 N–H and O–H groups in total. The number of amides is 1. The number of hydrogen-bond donors (Lipinski definition) is 1. The molecular formula is C5H7N3O2. The zero-order valence-corrected chi connectivity index (χ0v) is 5.50. The molecule has 0 unspecified atom stereocenters. The molecule has 0 aliphatic carbocycles. The van der Waals surface area contributed by atoms with E-state index in [-0.39, 0.29) is 12.3 Å². The van der Waals surface area contributed by atoms with Crippen LogP contribution in [0.4, 0.5) is 0 Å². The SMILES string of the molecule is CNC(=O)Cc1cnno1. The van der Waals surface area contributed by atoms with E-state index in [2.05, 4.69) is 20.2 Å². The lowest BCUT2D eigenvalue weighted by Crippen LogP contribution is -2.19. The van der Waals surface area contributed by atoms with Crippen molar-refractivity contribution in [2.75, 3.05) is 7.05 Å². The van der Waals surface area contributed by atoms with E-state index in [1.54, 1.807) is 7.05 Å². The second kappa shape index (κ2) is 2.95. The fourth-order valence-electron chi connectivity index (χ4n) is 0.512. The summed E-state index contributed by atoms with van der Waals surface area (Å²) in [7, 11) is 1.56. The molecule has 0 aromatic carbocycles. The Bertz CT molecular complexity index is 207. The maximum absolute atomic E-state index is 10.7. The van der Waals surface area contributed by atoms with E-state index in [9.17, 15) is 4.79 Å². The summed E-state index contributed by atoms with van der Waals surface area (Å²) in [6.07, 6.45) is 1.61.